The highest BCUT2D eigenvalue weighted by Gasteiger charge is 2.15. The summed E-state index contributed by atoms with van der Waals surface area (Å²) in [5, 5.41) is 1.84. The van der Waals surface area contributed by atoms with Crippen molar-refractivity contribution in [3.63, 3.8) is 0 Å². The van der Waals surface area contributed by atoms with Crippen LogP contribution in [0.5, 0.6) is 0 Å². The van der Waals surface area contributed by atoms with Crippen molar-refractivity contribution in [2.24, 2.45) is 5.73 Å². The summed E-state index contributed by atoms with van der Waals surface area (Å²) < 4.78 is 0.959. The van der Waals surface area contributed by atoms with Gasteiger partial charge in [-0.15, -0.1) is 11.3 Å². The molecule has 1 aromatic rings. The Morgan fingerprint density at radius 1 is 1.69 bits per heavy atom. The SMILES string of the molecule is CCN(CCC(N)=S)C(=O)c1csc(Br)c1. The van der Waals surface area contributed by atoms with Crippen LogP contribution in [0.3, 0.4) is 0 Å². The number of carbonyl (C=O) groups excluding carboxylic acids is 1. The number of carbonyl (C=O) groups is 1. The summed E-state index contributed by atoms with van der Waals surface area (Å²) in [5.41, 5.74) is 6.14. The van der Waals surface area contributed by atoms with Crippen LogP contribution in [-0.2, 0) is 0 Å². The molecule has 0 aliphatic heterocycles. The minimum Gasteiger partial charge on any atom is -0.393 e. The zero-order chi connectivity index (χ0) is 12.1. The molecule has 88 valence electrons. The molecule has 0 saturated heterocycles. The zero-order valence-electron chi connectivity index (χ0n) is 8.90. The van der Waals surface area contributed by atoms with E-state index in [1.54, 1.807) is 4.90 Å². The molecule has 1 aromatic heterocycles. The predicted molar refractivity (Wildman–Crippen MR) is 75.0 cm³/mol. The van der Waals surface area contributed by atoms with Crippen LogP contribution >= 0.6 is 39.5 Å². The monoisotopic (exact) mass is 320 g/mol. The van der Waals surface area contributed by atoms with Gasteiger partial charge >= 0.3 is 0 Å². The second-order valence-corrected chi connectivity index (χ2v) is 6.06. The maximum Gasteiger partial charge on any atom is 0.254 e. The number of halogens is 1. The van der Waals surface area contributed by atoms with Gasteiger partial charge in [0, 0.05) is 24.9 Å². The predicted octanol–water partition coefficient (Wildman–Crippen LogP) is 2.65. The largest absolute Gasteiger partial charge is 0.393 e. The highest BCUT2D eigenvalue weighted by molar-refractivity contribution is 9.11. The molecule has 6 heteroatoms. The number of hydrogen-bond donors (Lipinski definition) is 1. The average molecular weight is 321 g/mol. The Balaban J connectivity index is 2.66. The van der Waals surface area contributed by atoms with Crippen molar-refractivity contribution in [3.05, 3.63) is 20.8 Å². The fourth-order valence-electron chi connectivity index (χ4n) is 1.25. The minimum absolute atomic E-state index is 0.0284. The first-order valence-corrected chi connectivity index (χ1v) is 6.94. The molecule has 2 N–H and O–H groups in total. The lowest BCUT2D eigenvalue weighted by Crippen LogP contribution is -2.33. The molecule has 0 fully saturated rings. The van der Waals surface area contributed by atoms with Crippen LogP contribution < -0.4 is 5.73 Å². The van der Waals surface area contributed by atoms with Gasteiger partial charge in [-0.1, -0.05) is 12.2 Å². The minimum atomic E-state index is 0.0284. The van der Waals surface area contributed by atoms with E-state index in [-0.39, 0.29) is 5.91 Å². The Morgan fingerprint density at radius 2 is 2.38 bits per heavy atom. The third kappa shape index (κ3) is 3.84. The van der Waals surface area contributed by atoms with Crippen molar-refractivity contribution in [3.8, 4) is 0 Å². The van der Waals surface area contributed by atoms with Gasteiger partial charge in [0.25, 0.3) is 5.91 Å². The second kappa shape index (κ2) is 6.32. The van der Waals surface area contributed by atoms with Crippen molar-refractivity contribution in [2.45, 2.75) is 13.3 Å². The summed E-state index contributed by atoms with van der Waals surface area (Å²) in [6.07, 6.45) is 0.570. The van der Waals surface area contributed by atoms with Crippen LogP contribution in [0.25, 0.3) is 0 Å². The fourth-order valence-corrected chi connectivity index (χ4v) is 2.47. The van der Waals surface area contributed by atoms with E-state index in [2.05, 4.69) is 15.9 Å². The molecule has 0 radical (unpaired) electrons. The molecule has 1 heterocycles. The molecule has 0 aliphatic carbocycles. The summed E-state index contributed by atoms with van der Waals surface area (Å²) in [5.74, 6) is 0.0284. The maximum absolute atomic E-state index is 12.0. The van der Waals surface area contributed by atoms with Gasteiger partial charge in [-0.05, 0) is 28.9 Å². The van der Waals surface area contributed by atoms with Crippen LogP contribution in [0.1, 0.15) is 23.7 Å². The smallest absolute Gasteiger partial charge is 0.254 e. The topological polar surface area (TPSA) is 46.3 Å². The summed E-state index contributed by atoms with van der Waals surface area (Å²) in [6.45, 7) is 3.19. The number of nitrogens with zero attached hydrogens (tertiary/aromatic N) is 1. The Kier molecular flexibility index (Phi) is 5.37. The van der Waals surface area contributed by atoms with Gasteiger partial charge in [-0.25, -0.2) is 0 Å². The first-order valence-electron chi connectivity index (χ1n) is 4.86. The first kappa shape index (κ1) is 13.6. The van der Waals surface area contributed by atoms with E-state index < -0.39 is 0 Å². The van der Waals surface area contributed by atoms with Gasteiger partial charge in [0.15, 0.2) is 0 Å². The number of thiocarbonyl (C=S) groups is 1. The molecule has 0 aliphatic rings. The Bertz CT molecular complexity index is 392. The van der Waals surface area contributed by atoms with Gasteiger partial charge in [-0.2, -0.15) is 0 Å². The van der Waals surface area contributed by atoms with E-state index >= 15 is 0 Å². The Labute approximate surface area is 113 Å². The van der Waals surface area contributed by atoms with Crippen molar-refractivity contribution < 1.29 is 4.79 Å². The highest BCUT2D eigenvalue weighted by Crippen LogP contribution is 2.21. The number of amides is 1. The second-order valence-electron chi connectivity index (χ2n) is 3.24. The molecular weight excluding hydrogens is 308 g/mol. The molecule has 0 aromatic carbocycles. The molecule has 1 amide bonds. The molecule has 0 saturated carbocycles. The Morgan fingerprint density at radius 3 is 2.81 bits per heavy atom. The molecule has 0 atom stereocenters. The Hall–Kier alpha value is -0.460. The van der Waals surface area contributed by atoms with E-state index in [1.165, 1.54) is 11.3 Å². The lowest BCUT2D eigenvalue weighted by molar-refractivity contribution is 0.0769. The van der Waals surface area contributed by atoms with Gasteiger partial charge in [0.2, 0.25) is 0 Å². The number of hydrogen-bond acceptors (Lipinski definition) is 3. The molecular formula is C10H13BrN2OS2. The summed E-state index contributed by atoms with van der Waals surface area (Å²) in [7, 11) is 0. The number of thiophene rings is 1. The van der Waals surface area contributed by atoms with Crippen molar-refractivity contribution >= 4 is 50.4 Å². The van der Waals surface area contributed by atoms with Gasteiger partial charge in [0.05, 0.1) is 14.3 Å². The molecule has 0 spiro atoms. The van der Waals surface area contributed by atoms with Crippen LogP contribution in [0.2, 0.25) is 0 Å². The molecule has 16 heavy (non-hydrogen) atoms. The van der Waals surface area contributed by atoms with Crippen LogP contribution in [0.4, 0.5) is 0 Å². The summed E-state index contributed by atoms with van der Waals surface area (Å²) in [4.78, 5) is 14.2. The lowest BCUT2D eigenvalue weighted by Gasteiger charge is -2.19. The first-order chi connectivity index (χ1) is 7.54. The molecule has 3 nitrogen and oxygen atoms in total. The van der Waals surface area contributed by atoms with Crippen molar-refractivity contribution in [1.29, 1.82) is 0 Å². The number of rotatable bonds is 5. The van der Waals surface area contributed by atoms with Crippen LogP contribution in [0.15, 0.2) is 15.2 Å². The summed E-state index contributed by atoms with van der Waals surface area (Å²) in [6, 6.07) is 1.83. The van der Waals surface area contributed by atoms with E-state index in [4.69, 9.17) is 18.0 Å². The van der Waals surface area contributed by atoms with E-state index in [1.807, 2.05) is 18.4 Å². The zero-order valence-corrected chi connectivity index (χ0v) is 12.1. The van der Waals surface area contributed by atoms with Gasteiger partial charge in [-0.3, -0.25) is 4.79 Å². The van der Waals surface area contributed by atoms with E-state index in [9.17, 15) is 4.79 Å². The molecule has 1 rings (SSSR count). The van der Waals surface area contributed by atoms with Crippen molar-refractivity contribution in [1.82, 2.24) is 4.90 Å². The van der Waals surface area contributed by atoms with Crippen molar-refractivity contribution in [2.75, 3.05) is 13.1 Å². The highest BCUT2D eigenvalue weighted by atomic mass is 79.9. The quantitative estimate of drug-likeness (QED) is 0.848. The average Bonchev–Trinajstić information content (AvgIpc) is 2.65. The van der Waals surface area contributed by atoms with Crippen LogP contribution in [-0.4, -0.2) is 28.9 Å². The summed E-state index contributed by atoms with van der Waals surface area (Å²) >= 11 is 9.65. The maximum atomic E-state index is 12.0. The third-order valence-corrected chi connectivity index (χ3v) is 3.82. The van der Waals surface area contributed by atoms with E-state index in [0.29, 0.717) is 30.1 Å². The normalized spacial score (nSPS) is 10.1. The van der Waals surface area contributed by atoms with E-state index in [0.717, 1.165) is 3.79 Å². The number of nitrogens with two attached hydrogens (primary N) is 1. The fraction of sp³-hybridized carbons (Fsp3) is 0.400. The molecule has 0 unspecified atom stereocenters. The third-order valence-electron chi connectivity index (χ3n) is 2.11. The molecule has 0 bridgehead atoms. The van der Waals surface area contributed by atoms with Gasteiger partial charge < -0.3 is 10.6 Å². The van der Waals surface area contributed by atoms with Gasteiger partial charge in [0.1, 0.15) is 0 Å². The lowest BCUT2D eigenvalue weighted by atomic mass is 10.2. The van der Waals surface area contributed by atoms with Crippen LogP contribution in [0, 0.1) is 0 Å². The standard InChI is InChI=1S/C10H13BrN2OS2/c1-2-13(4-3-9(12)15)10(14)7-5-8(11)16-6-7/h5-6H,2-4H2,1H3,(H2,12,15).